The van der Waals surface area contributed by atoms with Gasteiger partial charge in [0.25, 0.3) is 0 Å². The van der Waals surface area contributed by atoms with Crippen LogP contribution in [0.15, 0.2) is 23.3 Å². The molecule has 0 unspecified atom stereocenters. The van der Waals surface area contributed by atoms with Crippen molar-refractivity contribution < 1.29 is 4.39 Å². The van der Waals surface area contributed by atoms with Crippen LogP contribution in [0, 0.1) is 5.95 Å². The third-order valence-corrected chi connectivity index (χ3v) is 1.27. The zero-order chi connectivity index (χ0) is 8.97. The van der Waals surface area contributed by atoms with Crippen molar-refractivity contribution in [2.24, 2.45) is 16.5 Å². The number of rotatable bonds is 2. The van der Waals surface area contributed by atoms with Crippen LogP contribution in [0.2, 0.25) is 0 Å². The fourth-order valence-corrected chi connectivity index (χ4v) is 0.714. The minimum Gasteiger partial charge on any atom is -0.370 e. The first-order valence-electron chi connectivity index (χ1n) is 3.35. The molecule has 0 saturated carbocycles. The van der Waals surface area contributed by atoms with Crippen LogP contribution in [0.3, 0.4) is 0 Å². The maximum atomic E-state index is 12.8. The number of hydrogen-bond donors (Lipinski definition) is 2. The summed E-state index contributed by atoms with van der Waals surface area (Å²) in [6.07, 6.45) is 1.37. The third kappa shape index (κ3) is 4.02. The molecule has 0 aromatic carbocycles. The molecular formula is C7H10FIN4. The largest absolute Gasteiger partial charge is 0.370 e. The van der Waals surface area contributed by atoms with Crippen LogP contribution in [-0.2, 0) is 6.54 Å². The lowest BCUT2D eigenvalue weighted by Gasteiger charge is -1.96. The maximum absolute atomic E-state index is 12.8. The van der Waals surface area contributed by atoms with Gasteiger partial charge in [0.05, 0.1) is 6.54 Å². The van der Waals surface area contributed by atoms with E-state index in [2.05, 4.69) is 9.98 Å². The summed E-state index contributed by atoms with van der Waals surface area (Å²) in [5.74, 6) is -0.597. The molecule has 0 aliphatic carbocycles. The second-order valence-electron chi connectivity index (χ2n) is 2.19. The molecule has 0 saturated heterocycles. The van der Waals surface area contributed by atoms with Crippen molar-refractivity contribution in [1.82, 2.24) is 4.98 Å². The predicted octanol–water partition coefficient (Wildman–Crippen LogP) is 0.612. The highest BCUT2D eigenvalue weighted by Crippen LogP contribution is 2.03. The summed E-state index contributed by atoms with van der Waals surface area (Å²) in [6.45, 7) is 0.127. The molecule has 0 radical (unpaired) electrons. The fourth-order valence-electron chi connectivity index (χ4n) is 0.714. The molecule has 0 amide bonds. The summed E-state index contributed by atoms with van der Waals surface area (Å²) in [7, 11) is 0. The Hall–Kier alpha value is -0.920. The maximum Gasteiger partial charge on any atom is 0.217 e. The van der Waals surface area contributed by atoms with Crippen LogP contribution >= 0.6 is 24.0 Å². The first-order valence-corrected chi connectivity index (χ1v) is 3.35. The average Bonchev–Trinajstić information content (AvgIpc) is 2.03. The standard InChI is InChI=1S/C7H9FN4.HI/c8-6-5(2-1-3-11-6)4-12-7(9)10;/h1-3H,4H2,(H4,9,10,12);1H. The summed E-state index contributed by atoms with van der Waals surface area (Å²) < 4.78 is 12.8. The van der Waals surface area contributed by atoms with E-state index in [-0.39, 0.29) is 36.5 Å². The molecule has 4 nitrogen and oxygen atoms in total. The van der Waals surface area contributed by atoms with E-state index in [0.29, 0.717) is 5.56 Å². The molecule has 72 valence electrons. The Labute approximate surface area is 92.3 Å². The van der Waals surface area contributed by atoms with Gasteiger partial charge >= 0.3 is 0 Å². The lowest BCUT2D eigenvalue weighted by molar-refractivity contribution is 0.567. The van der Waals surface area contributed by atoms with Crippen molar-refractivity contribution in [1.29, 1.82) is 0 Å². The number of guanidine groups is 1. The number of aliphatic imine (C=N–C) groups is 1. The smallest absolute Gasteiger partial charge is 0.217 e. The minimum atomic E-state index is -0.539. The van der Waals surface area contributed by atoms with Crippen molar-refractivity contribution in [3.8, 4) is 0 Å². The summed E-state index contributed by atoms with van der Waals surface area (Å²) in [6, 6.07) is 3.20. The van der Waals surface area contributed by atoms with Crippen molar-refractivity contribution in [2.75, 3.05) is 0 Å². The summed E-state index contributed by atoms with van der Waals surface area (Å²) in [4.78, 5) is 7.09. The van der Waals surface area contributed by atoms with E-state index < -0.39 is 5.95 Å². The molecule has 4 N–H and O–H groups in total. The summed E-state index contributed by atoms with van der Waals surface area (Å²) in [5, 5.41) is 0. The highest BCUT2D eigenvalue weighted by Gasteiger charge is 1.99. The van der Waals surface area contributed by atoms with E-state index in [0.717, 1.165) is 0 Å². The number of hydrogen-bond acceptors (Lipinski definition) is 2. The molecule has 0 spiro atoms. The lowest BCUT2D eigenvalue weighted by atomic mass is 10.3. The third-order valence-electron chi connectivity index (χ3n) is 1.27. The van der Waals surface area contributed by atoms with Gasteiger partial charge in [0.2, 0.25) is 5.95 Å². The normalized spacial score (nSPS) is 8.69. The highest BCUT2D eigenvalue weighted by molar-refractivity contribution is 14.0. The van der Waals surface area contributed by atoms with Crippen LogP contribution in [0.25, 0.3) is 0 Å². The Morgan fingerprint density at radius 2 is 2.23 bits per heavy atom. The van der Waals surface area contributed by atoms with Crippen molar-refractivity contribution in [3.05, 3.63) is 29.8 Å². The first-order chi connectivity index (χ1) is 5.70. The SMILES string of the molecule is I.NC(N)=NCc1cccnc1F. The molecular weight excluding hydrogens is 286 g/mol. The topological polar surface area (TPSA) is 77.3 Å². The van der Waals surface area contributed by atoms with Crippen LogP contribution in [0.4, 0.5) is 4.39 Å². The van der Waals surface area contributed by atoms with Gasteiger partial charge in [-0.1, -0.05) is 6.07 Å². The van der Waals surface area contributed by atoms with Gasteiger partial charge in [0, 0.05) is 11.8 Å². The molecule has 1 heterocycles. The number of pyridine rings is 1. The van der Waals surface area contributed by atoms with E-state index in [4.69, 9.17) is 11.5 Å². The minimum absolute atomic E-state index is 0. The molecule has 13 heavy (non-hydrogen) atoms. The van der Waals surface area contributed by atoms with Gasteiger partial charge in [-0.15, -0.1) is 24.0 Å². The Kier molecular flexibility index (Phi) is 5.28. The average molecular weight is 296 g/mol. The number of nitrogens with two attached hydrogens (primary N) is 2. The molecule has 0 fully saturated rings. The van der Waals surface area contributed by atoms with E-state index in [1.807, 2.05) is 0 Å². The van der Waals surface area contributed by atoms with Crippen molar-refractivity contribution in [2.45, 2.75) is 6.54 Å². The molecule has 0 aliphatic heterocycles. The van der Waals surface area contributed by atoms with E-state index in [9.17, 15) is 4.39 Å². The Balaban J connectivity index is 0.00000144. The van der Waals surface area contributed by atoms with Crippen LogP contribution in [0.5, 0.6) is 0 Å². The molecule has 1 rings (SSSR count). The zero-order valence-electron chi connectivity index (χ0n) is 6.77. The molecule has 1 aromatic rings. The van der Waals surface area contributed by atoms with Gasteiger partial charge < -0.3 is 11.5 Å². The van der Waals surface area contributed by atoms with Gasteiger partial charge in [-0.3, -0.25) is 0 Å². The second-order valence-corrected chi connectivity index (χ2v) is 2.19. The number of aromatic nitrogens is 1. The van der Waals surface area contributed by atoms with Crippen molar-refractivity contribution >= 4 is 29.9 Å². The van der Waals surface area contributed by atoms with Gasteiger partial charge in [0.15, 0.2) is 5.96 Å². The Morgan fingerprint density at radius 1 is 1.54 bits per heavy atom. The zero-order valence-corrected chi connectivity index (χ0v) is 9.10. The number of halogens is 2. The fraction of sp³-hybridized carbons (Fsp3) is 0.143. The van der Waals surface area contributed by atoms with Crippen LogP contribution in [0.1, 0.15) is 5.56 Å². The van der Waals surface area contributed by atoms with Crippen LogP contribution in [-0.4, -0.2) is 10.9 Å². The monoisotopic (exact) mass is 296 g/mol. The summed E-state index contributed by atoms with van der Waals surface area (Å²) >= 11 is 0. The Morgan fingerprint density at radius 3 is 2.77 bits per heavy atom. The molecule has 0 aliphatic rings. The molecule has 1 aromatic heterocycles. The lowest BCUT2D eigenvalue weighted by Crippen LogP contribution is -2.22. The molecule has 0 atom stereocenters. The van der Waals surface area contributed by atoms with Gasteiger partial charge in [-0.2, -0.15) is 4.39 Å². The Bertz CT molecular complexity index is 298. The van der Waals surface area contributed by atoms with Gasteiger partial charge in [0.1, 0.15) is 0 Å². The molecule has 6 heteroatoms. The van der Waals surface area contributed by atoms with E-state index in [1.165, 1.54) is 6.20 Å². The predicted molar refractivity (Wildman–Crippen MR) is 59.1 cm³/mol. The van der Waals surface area contributed by atoms with Crippen LogP contribution < -0.4 is 11.5 Å². The number of nitrogens with zero attached hydrogens (tertiary/aromatic N) is 2. The molecule has 0 bridgehead atoms. The first kappa shape index (κ1) is 12.1. The van der Waals surface area contributed by atoms with Gasteiger partial charge in [-0.25, -0.2) is 9.98 Å². The van der Waals surface area contributed by atoms with Crippen molar-refractivity contribution in [3.63, 3.8) is 0 Å². The highest BCUT2D eigenvalue weighted by atomic mass is 127. The van der Waals surface area contributed by atoms with E-state index >= 15 is 0 Å². The summed E-state index contributed by atoms with van der Waals surface area (Å²) in [5.41, 5.74) is 10.5. The van der Waals surface area contributed by atoms with Gasteiger partial charge in [-0.05, 0) is 6.07 Å². The van der Waals surface area contributed by atoms with E-state index in [1.54, 1.807) is 12.1 Å². The quantitative estimate of drug-likeness (QED) is 0.363. The second kappa shape index (κ2) is 5.68.